The highest BCUT2D eigenvalue weighted by molar-refractivity contribution is 6.30. The predicted octanol–water partition coefficient (Wildman–Crippen LogP) is 2.71. The number of Topliss-reactive ketones (excluding diaryl/α,β-unsaturated/α-hetero) is 1. The number of fused-ring (bicyclic) bond motifs is 1. The summed E-state index contributed by atoms with van der Waals surface area (Å²) in [5.74, 6) is 0.166. The Labute approximate surface area is 180 Å². The summed E-state index contributed by atoms with van der Waals surface area (Å²) >= 11 is 6.13. The molecule has 4 rings (SSSR count). The van der Waals surface area contributed by atoms with Crippen molar-refractivity contribution in [1.29, 1.82) is 0 Å². The van der Waals surface area contributed by atoms with Crippen molar-refractivity contribution in [3.8, 4) is 0 Å². The SMILES string of the molecule is CC(=O)CC(CCn1nc2ccccn2c1=O)N1CCN(c2cccc(Cl)c2)CC1. The first-order chi connectivity index (χ1) is 14.5. The molecule has 1 aliphatic rings. The molecule has 0 radical (unpaired) electrons. The van der Waals surface area contributed by atoms with Crippen LogP contribution in [0.2, 0.25) is 5.02 Å². The molecule has 0 bridgehead atoms. The van der Waals surface area contributed by atoms with Crippen LogP contribution in [-0.4, -0.2) is 57.1 Å². The number of pyridine rings is 1. The average molecular weight is 428 g/mol. The summed E-state index contributed by atoms with van der Waals surface area (Å²) in [6.07, 6.45) is 2.92. The molecule has 7 nitrogen and oxygen atoms in total. The number of anilines is 1. The Morgan fingerprint density at radius 2 is 1.93 bits per heavy atom. The molecule has 1 aromatic carbocycles. The Kier molecular flexibility index (Phi) is 6.20. The van der Waals surface area contributed by atoms with Crippen molar-refractivity contribution < 1.29 is 4.79 Å². The molecule has 0 spiro atoms. The van der Waals surface area contributed by atoms with Gasteiger partial charge in [0, 0.05) is 62.1 Å². The van der Waals surface area contributed by atoms with Gasteiger partial charge in [0.15, 0.2) is 5.65 Å². The lowest BCUT2D eigenvalue weighted by atomic mass is 10.0. The van der Waals surface area contributed by atoms with Crippen LogP contribution in [0.15, 0.2) is 53.5 Å². The van der Waals surface area contributed by atoms with E-state index >= 15 is 0 Å². The molecular formula is C22H26ClN5O2. The van der Waals surface area contributed by atoms with E-state index in [0.717, 1.165) is 36.9 Å². The molecule has 2 aromatic heterocycles. The molecule has 30 heavy (non-hydrogen) atoms. The summed E-state index contributed by atoms with van der Waals surface area (Å²) in [6.45, 7) is 5.61. The van der Waals surface area contributed by atoms with Gasteiger partial charge in [-0.1, -0.05) is 23.7 Å². The van der Waals surface area contributed by atoms with Crippen molar-refractivity contribution in [2.45, 2.75) is 32.4 Å². The van der Waals surface area contributed by atoms with Gasteiger partial charge in [-0.3, -0.25) is 14.1 Å². The molecular weight excluding hydrogens is 402 g/mol. The quantitative estimate of drug-likeness (QED) is 0.580. The van der Waals surface area contributed by atoms with Crippen molar-refractivity contribution in [1.82, 2.24) is 19.1 Å². The molecule has 0 saturated carbocycles. The molecule has 1 saturated heterocycles. The second-order valence-electron chi connectivity index (χ2n) is 7.79. The van der Waals surface area contributed by atoms with E-state index in [0.29, 0.717) is 25.0 Å². The van der Waals surface area contributed by atoms with Crippen molar-refractivity contribution in [3.63, 3.8) is 0 Å². The van der Waals surface area contributed by atoms with Crippen LogP contribution in [0.1, 0.15) is 19.8 Å². The summed E-state index contributed by atoms with van der Waals surface area (Å²) in [5, 5.41) is 5.15. The van der Waals surface area contributed by atoms with Gasteiger partial charge in [0.05, 0.1) is 0 Å². The number of hydrogen-bond donors (Lipinski definition) is 0. The van der Waals surface area contributed by atoms with Gasteiger partial charge in [-0.05, 0) is 43.7 Å². The Balaban J connectivity index is 1.42. The lowest BCUT2D eigenvalue weighted by Crippen LogP contribution is -2.51. The second kappa shape index (κ2) is 9.02. The molecule has 3 heterocycles. The van der Waals surface area contributed by atoms with E-state index in [1.165, 1.54) is 4.68 Å². The molecule has 8 heteroatoms. The number of piperazine rings is 1. The fourth-order valence-corrected chi connectivity index (χ4v) is 4.33. The van der Waals surface area contributed by atoms with Crippen molar-refractivity contribution >= 4 is 28.7 Å². The van der Waals surface area contributed by atoms with E-state index in [1.54, 1.807) is 17.5 Å². The van der Waals surface area contributed by atoms with Gasteiger partial charge in [0.1, 0.15) is 5.78 Å². The third-order valence-electron chi connectivity index (χ3n) is 5.69. The van der Waals surface area contributed by atoms with Crippen molar-refractivity contribution in [2.24, 2.45) is 0 Å². The summed E-state index contributed by atoms with van der Waals surface area (Å²) in [7, 11) is 0. The largest absolute Gasteiger partial charge is 0.369 e. The van der Waals surface area contributed by atoms with Gasteiger partial charge in [0.25, 0.3) is 0 Å². The molecule has 0 amide bonds. The highest BCUT2D eigenvalue weighted by atomic mass is 35.5. The maximum atomic E-state index is 12.5. The van der Waals surface area contributed by atoms with Crippen LogP contribution >= 0.6 is 11.6 Å². The highest BCUT2D eigenvalue weighted by Gasteiger charge is 2.25. The van der Waals surface area contributed by atoms with E-state index in [2.05, 4.69) is 21.0 Å². The average Bonchev–Trinajstić information content (AvgIpc) is 3.07. The third kappa shape index (κ3) is 4.57. The molecule has 1 atom stereocenters. The van der Waals surface area contributed by atoms with Crippen LogP contribution in [0, 0.1) is 0 Å². The summed E-state index contributed by atoms with van der Waals surface area (Å²) in [5.41, 5.74) is 1.63. The normalized spacial score (nSPS) is 16.1. The number of aryl methyl sites for hydroxylation is 1. The van der Waals surface area contributed by atoms with Gasteiger partial charge >= 0.3 is 5.69 Å². The van der Waals surface area contributed by atoms with E-state index in [4.69, 9.17) is 11.6 Å². The Hall–Kier alpha value is -2.64. The van der Waals surface area contributed by atoms with Crippen LogP contribution in [0.3, 0.4) is 0 Å². The van der Waals surface area contributed by atoms with Gasteiger partial charge in [-0.2, -0.15) is 0 Å². The molecule has 1 aliphatic heterocycles. The number of halogens is 1. The van der Waals surface area contributed by atoms with Gasteiger partial charge in [-0.15, -0.1) is 5.10 Å². The number of benzene rings is 1. The number of ketones is 1. The Morgan fingerprint density at radius 3 is 2.63 bits per heavy atom. The maximum absolute atomic E-state index is 12.5. The zero-order chi connectivity index (χ0) is 21.1. The van der Waals surface area contributed by atoms with Crippen LogP contribution in [0.4, 0.5) is 5.69 Å². The number of carbonyl (C=O) groups is 1. The van der Waals surface area contributed by atoms with Gasteiger partial charge < -0.3 is 4.90 Å². The monoisotopic (exact) mass is 427 g/mol. The number of rotatable bonds is 7. The van der Waals surface area contributed by atoms with E-state index in [-0.39, 0.29) is 17.5 Å². The minimum atomic E-state index is -0.141. The molecule has 3 aromatic rings. The summed E-state index contributed by atoms with van der Waals surface area (Å²) in [6, 6.07) is 13.5. The third-order valence-corrected chi connectivity index (χ3v) is 5.92. The number of aromatic nitrogens is 3. The molecule has 1 unspecified atom stereocenters. The second-order valence-corrected chi connectivity index (χ2v) is 8.22. The van der Waals surface area contributed by atoms with E-state index in [9.17, 15) is 9.59 Å². The van der Waals surface area contributed by atoms with Crippen molar-refractivity contribution in [3.05, 3.63) is 64.2 Å². The fourth-order valence-electron chi connectivity index (χ4n) is 4.15. The summed E-state index contributed by atoms with van der Waals surface area (Å²) < 4.78 is 3.05. The Morgan fingerprint density at radius 1 is 1.13 bits per heavy atom. The van der Waals surface area contributed by atoms with Gasteiger partial charge in [0.2, 0.25) is 0 Å². The number of nitrogens with zero attached hydrogens (tertiary/aromatic N) is 5. The van der Waals surface area contributed by atoms with Crippen LogP contribution in [0.5, 0.6) is 0 Å². The van der Waals surface area contributed by atoms with E-state index in [1.807, 2.05) is 36.4 Å². The first-order valence-corrected chi connectivity index (χ1v) is 10.7. The maximum Gasteiger partial charge on any atom is 0.350 e. The molecule has 0 aliphatic carbocycles. The van der Waals surface area contributed by atoms with Crippen molar-refractivity contribution in [2.75, 3.05) is 31.1 Å². The van der Waals surface area contributed by atoms with Crippen LogP contribution in [-0.2, 0) is 11.3 Å². The predicted molar refractivity (Wildman–Crippen MR) is 118 cm³/mol. The Bertz CT molecular complexity index is 1080. The minimum absolute atomic E-state index is 0.0979. The standard InChI is InChI=1S/C22H26ClN5O2/c1-17(29)15-20(8-10-28-22(30)27-9-3-2-7-21(27)24-28)26-13-11-25(12-14-26)19-6-4-5-18(23)16-19/h2-7,9,16,20H,8,10-15H2,1H3. The highest BCUT2D eigenvalue weighted by Crippen LogP contribution is 2.22. The fraction of sp³-hybridized carbons (Fsp3) is 0.409. The smallest absolute Gasteiger partial charge is 0.350 e. The molecule has 1 fully saturated rings. The van der Waals surface area contributed by atoms with Crippen LogP contribution < -0.4 is 10.6 Å². The minimum Gasteiger partial charge on any atom is -0.369 e. The lowest BCUT2D eigenvalue weighted by molar-refractivity contribution is -0.118. The van der Waals surface area contributed by atoms with Gasteiger partial charge in [-0.25, -0.2) is 9.48 Å². The van der Waals surface area contributed by atoms with E-state index < -0.39 is 0 Å². The van der Waals surface area contributed by atoms with Crippen LogP contribution in [0.25, 0.3) is 5.65 Å². The zero-order valence-electron chi connectivity index (χ0n) is 17.1. The lowest BCUT2D eigenvalue weighted by Gasteiger charge is -2.40. The first kappa shape index (κ1) is 20.6. The molecule has 0 N–H and O–H groups in total. The zero-order valence-corrected chi connectivity index (χ0v) is 17.8. The topological polar surface area (TPSA) is 62.9 Å². The number of carbonyl (C=O) groups excluding carboxylic acids is 1. The first-order valence-electron chi connectivity index (χ1n) is 10.3. The number of hydrogen-bond acceptors (Lipinski definition) is 5. The molecule has 158 valence electrons. The summed E-state index contributed by atoms with van der Waals surface area (Å²) in [4.78, 5) is 29.1.